The van der Waals surface area contributed by atoms with Gasteiger partial charge in [-0.3, -0.25) is 4.79 Å². The number of anilines is 1. The second-order valence-electron chi connectivity index (χ2n) is 5.60. The van der Waals surface area contributed by atoms with Crippen LogP contribution in [0.2, 0.25) is 0 Å². The normalized spacial score (nSPS) is 19.9. The molecule has 1 aliphatic rings. The van der Waals surface area contributed by atoms with Crippen LogP contribution in [-0.2, 0) is 4.79 Å². The third kappa shape index (κ3) is 3.72. The van der Waals surface area contributed by atoms with E-state index < -0.39 is 11.9 Å². The van der Waals surface area contributed by atoms with Crippen molar-refractivity contribution < 1.29 is 13.9 Å². The average Bonchev–Trinajstić information content (AvgIpc) is 3.08. The van der Waals surface area contributed by atoms with Crippen LogP contribution in [-0.4, -0.2) is 18.6 Å². The summed E-state index contributed by atoms with van der Waals surface area (Å²) in [5.74, 6) is 0.113. The molecule has 0 aromatic heterocycles. The van der Waals surface area contributed by atoms with Crippen LogP contribution in [0.5, 0.6) is 5.75 Å². The molecule has 2 aromatic rings. The lowest BCUT2D eigenvalue weighted by atomic mass is 10.0. The van der Waals surface area contributed by atoms with Gasteiger partial charge in [0, 0.05) is 6.04 Å². The summed E-state index contributed by atoms with van der Waals surface area (Å²) in [5, 5.41) is 2.61. The molecule has 2 unspecified atom stereocenters. The van der Waals surface area contributed by atoms with E-state index in [2.05, 4.69) is 16.2 Å². The summed E-state index contributed by atoms with van der Waals surface area (Å²) >= 11 is 0. The van der Waals surface area contributed by atoms with E-state index in [-0.39, 0.29) is 17.6 Å². The number of rotatable bonds is 5. The smallest absolute Gasteiger partial charge is 0.243 e. The van der Waals surface area contributed by atoms with Crippen molar-refractivity contribution in [3.8, 4) is 5.75 Å². The fourth-order valence-corrected chi connectivity index (χ4v) is 2.69. The van der Waals surface area contributed by atoms with Crippen molar-refractivity contribution in [2.45, 2.75) is 25.4 Å². The van der Waals surface area contributed by atoms with Crippen LogP contribution in [0.4, 0.5) is 10.1 Å². The molecular formula is C18H20FN3O2. The number of carbonyl (C=O) groups excluding carboxylic acids is 1. The number of ether oxygens (including phenoxy) is 1. The van der Waals surface area contributed by atoms with Gasteiger partial charge in [-0.2, -0.15) is 0 Å². The van der Waals surface area contributed by atoms with E-state index in [1.54, 1.807) is 18.2 Å². The molecule has 2 aromatic carbocycles. The minimum Gasteiger partial charge on any atom is -0.494 e. The first kappa shape index (κ1) is 16.4. The Morgan fingerprint density at radius 3 is 2.67 bits per heavy atom. The Balaban J connectivity index is 1.60. The van der Waals surface area contributed by atoms with Gasteiger partial charge in [0.25, 0.3) is 0 Å². The summed E-state index contributed by atoms with van der Waals surface area (Å²) in [4.78, 5) is 12.3. The summed E-state index contributed by atoms with van der Waals surface area (Å²) < 4.78 is 19.0. The van der Waals surface area contributed by atoms with Crippen molar-refractivity contribution in [3.63, 3.8) is 0 Å². The van der Waals surface area contributed by atoms with E-state index in [9.17, 15) is 9.18 Å². The highest BCUT2D eigenvalue weighted by Gasteiger charge is 2.30. The van der Waals surface area contributed by atoms with Gasteiger partial charge in [0.2, 0.25) is 5.91 Å². The van der Waals surface area contributed by atoms with E-state index in [0.717, 1.165) is 11.3 Å². The zero-order valence-corrected chi connectivity index (χ0v) is 13.4. The summed E-state index contributed by atoms with van der Waals surface area (Å²) in [5.41, 5.74) is 7.33. The highest BCUT2D eigenvalue weighted by Crippen LogP contribution is 2.25. The molecule has 126 valence electrons. The van der Waals surface area contributed by atoms with E-state index in [1.165, 1.54) is 6.07 Å². The summed E-state index contributed by atoms with van der Waals surface area (Å²) in [6, 6.07) is 13.5. The number of hydrogen-bond donors (Lipinski definition) is 3. The lowest BCUT2D eigenvalue weighted by molar-refractivity contribution is -0.117. The van der Waals surface area contributed by atoms with Crippen molar-refractivity contribution in [1.82, 2.24) is 10.9 Å². The highest BCUT2D eigenvalue weighted by atomic mass is 19.1. The minimum absolute atomic E-state index is 0.0112. The summed E-state index contributed by atoms with van der Waals surface area (Å²) in [6.07, 6.45) is 0.578. The standard InChI is InChI=1S/C18H20FN3O2/c1-2-24-13-9-7-12(8-10-13)16-11-17(22-21-16)18(23)20-15-6-4-3-5-14(15)19/h3-10,16-17,21-22H,2,11H2,1H3,(H,20,23). The van der Waals surface area contributed by atoms with E-state index >= 15 is 0 Å². The SMILES string of the molecule is CCOc1ccc(C2CC(C(=O)Nc3ccccc3F)NN2)cc1. The quantitative estimate of drug-likeness (QED) is 0.789. The molecule has 1 saturated heterocycles. The number of nitrogens with one attached hydrogen (secondary N) is 3. The third-order valence-corrected chi connectivity index (χ3v) is 3.94. The van der Waals surface area contributed by atoms with E-state index in [4.69, 9.17) is 4.74 Å². The van der Waals surface area contributed by atoms with Gasteiger partial charge in [0.05, 0.1) is 12.3 Å². The Labute approximate surface area is 140 Å². The van der Waals surface area contributed by atoms with Crippen LogP contribution in [0, 0.1) is 5.82 Å². The van der Waals surface area contributed by atoms with Gasteiger partial charge in [-0.25, -0.2) is 15.2 Å². The van der Waals surface area contributed by atoms with Gasteiger partial charge in [0.15, 0.2) is 0 Å². The van der Waals surface area contributed by atoms with Gasteiger partial charge < -0.3 is 10.1 Å². The Hall–Kier alpha value is -2.44. The minimum atomic E-state index is -0.445. The maximum atomic E-state index is 13.6. The van der Waals surface area contributed by atoms with Crippen molar-refractivity contribution >= 4 is 11.6 Å². The fourth-order valence-electron chi connectivity index (χ4n) is 2.69. The van der Waals surface area contributed by atoms with Gasteiger partial charge in [-0.15, -0.1) is 0 Å². The Bertz CT molecular complexity index is 706. The molecule has 1 heterocycles. The van der Waals surface area contributed by atoms with Crippen LogP contribution in [0.1, 0.15) is 24.9 Å². The lowest BCUT2D eigenvalue weighted by Crippen LogP contribution is -2.39. The van der Waals surface area contributed by atoms with Crippen molar-refractivity contribution in [1.29, 1.82) is 0 Å². The number of carbonyl (C=O) groups is 1. The van der Waals surface area contributed by atoms with Crippen molar-refractivity contribution in [2.24, 2.45) is 0 Å². The van der Waals surface area contributed by atoms with Gasteiger partial charge in [-0.1, -0.05) is 24.3 Å². The second kappa shape index (κ2) is 7.42. The Morgan fingerprint density at radius 2 is 1.96 bits per heavy atom. The molecule has 3 rings (SSSR count). The molecule has 3 N–H and O–H groups in total. The molecule has 5 nitrogen and oxygen atoms in total. The summed E-state index contributed by atoms with van der Waals surface area (Å²) in [7, 11) is 0. The molecular weight excluding hydrogens is 309 g/mol. The van der Waals surface area contributed by atoms with Gasteiger partial charge in [0.1, 0.15) is 17.6 Å². The van der Waals surface area contributed by atoms with Crippen LogP contribution in [0.25, 0.3) is 0 Å². The number of amides is 1. The number of benzene rings is 2. The number of para-hydroxylation sites is 1. The van der Waals surface area contributed by atoms with Gasteiger partial charge >= 0.3 is 0 Å². The molecule has 0 bridgehead atoms. The molecule has 0 saturated carbocycles. The molecule has 1 fully saturated rings. The van der Waals surface area contributed by atoms with Gasteiger partial charge in [-0.05, 0) is 43.2 Å². The number of halogens is 1. The van der Waals surface area contributed by atoms with Crippen LogP contribution in [0.15, 0.2) is 48.5 Å². The Morgan fingerprint density at radius 1 is 1.21 bits per heavy atom. The van der Waals surface area contributed by atoms with Crippen LogP contribution >= 0.6 is 0 Å². The predicted molar refractivity (Wildman–Crippen MR) is 90.1 cm³/mol. The van der Waals surface area contributed by atoms with Crippen molar-refractivity contribution in [3.05, 3.63) is 59.9 Å². The molecule has 0 aliphatic carbocycles. The molecule has 0 radical (unpaired) electrons. The first-order chi connectivity index (χ1) is 11.7. The number of hydrogen-bond acceptors (Lipinski definition) is 4. The maximum absolute atomic E-state index is 13.6. The highest BCUT2D eigenvalue weighted by molar-refractivity contribution is 5.95. The number of hydrazine groups is 1. The molecule has 2 atom stereocenters. The molecule has 6 heteroatoms. The van der Waals surface area contributed by atoms with Crippen LogP contribution in [0.3, 0.4) is 0 Å². The van der Waals surface area contributed by atoms with Crippen molar-refractivity contribution in [2.75, 3.05) is 11.9 Å². The average molecular weight is 329 g/mol. The summed E-state index contributed by atoms with van der Waals surface area (Å²) in [6.45, 7) is 2.57. The van der Waals surface area contributed by atoms with Crippen LogP contribution < -0.4 is 20.9 Å². The first-order valence-electron chi connectivity index (χ1n) is 7.96. The zero-order chi connectivity index (χ0) is 16.9. The van der Waals surface area contributed by atoms with E-state index in [0.29, 0.717) is 13.0 Å². The monoisotopic (exact) mass is 329 g/mol. The third-order valence-electron chi connectivity index (χ3n) is 3.94. The molecule has 0 spiro atoms. The second-order valence-corrected chi connectivity index (χ2v) is 5.60. The molecule has 1 aliphatic heterocycles. The fraction of sp³-hybridized carbons (Fsp3) is 0.278. The molecule has 24 heavy (non-hydrogen) atoms. The maximum Gasteiger partial charge on any atom is 0.243 e. The molecule has 1 amide bonds. The lowest BCUT2D eigenvalue weighted by Gasteiger charge is -2.11. The largest absolute Gasteiger partial charge is 0.494 e. The zero-order valence-electron chi connectivity index (χ0n) is 13.4. The topological polar surface area (TPSA) is 62.4 Å². The van der Waals surface area contributed by atoms with E-state index in [1.807, 2.05) is 31.2 Å². The first-order valence-corrected chi connectivity index (χ1v) is 7.96. The Kier molecular flexibility index (Phi) is 5.08. The predicted octanol–water partition coefficient (Wildman–Crippen LogP) is 2.77.